The molecule has 0 aromatic heterocycles. The van der Waals surface area contributed by atoms with Crippen LogP contribution in [0.3, 0.4) is 0 Å². The van der Waals surface area contributed by atoms with E-state index in [1.165, 1.54) is 0 Å². The Morgan fingerprint density at radius 2 is 2.27 bits per heavy atom. The average Bonchev–Trinajstić information content (AvgIpc) is 2.64. The van der Waals surface area contributed by atoms with Crippen molar-refractivity contribution in [2.24, 2.45) is 0 Å². The van der Waals surface area contributed by atoms with Crippen LogP contribution in [-0.2, 0) is 11.2 Å². The summed E-state index contributed by atoms with van der Waals surface area (Å²) in [5, 5.41) is 3.04. The average molecular weight is 207 g/mol. The van der Waals surface area contributed by atoms with Gasteiger partial charge in [-0.25, -0.2) is 0 Å². The molecule has 0 amide bonds. The van der Waals surface area contributed by atoms with Crippen molar-refractivity contribution < 1.29 is 14.3 Å². The van der Waals surface area contributed by atoms with Crippen molar-refractivity contribution in [2.75, 3.05) is 19.2 Å². The molecule has 1 aromatic rings. The van der Waals surface area contributed by atoms with E-state index in [9.17, 15) is 4.79 Å². The second-order valence-corrected chi connectivity index (χ2v) is 3.46. The molecule has 15 heavy (non-hydrogen) atoms. The van der Waals surface area contributed by atoms with Gasteiger partial charge in [-0.05, 0) is 18.6 Å². The molecule has 0 unspecified atom stereocenters. The fourth-order valence-electron chi connectivity index (χ4n) is 1.70. The Hall–Kier alpha value is -1.71. The fraction of sp³-hybridized carbons (Fsp3) is 0.364. The number of anilines is 1. The van der Waals surface area contributed by atoms with Gasteiger partial charge in [0.15, 0.2) is 11.5 Å². The number of ketones is 1. The van der Waals surface area contributed by atoms with E-state index in [2.05, 4.69) is 5.32 Å². The van der Waals surface area contributed by atoms with Gasteiger partial charge in [0.05, 0.1) is 5.69 Å². The first-order valence-electron chi connectivity index (χ1n) is 4.81. The molecule has 1 N–H and O–H groups in total. The fourth-order valence-corrected chi connectivity index (χ4v) is 1.70. The summed E-state index contributed by atoms with van der Waals surface area (Å²) in [5.41, 5.74) is 1.79. The highest BCUT2D eigenvalue weighted by atomic mass is 16.7. The Morgan fingerprint density at radius 1 is 1.47 bits per heavy atom. The minimum atomic E-state index is 0.130. The van der Waals surface area contributed by atoms with Crippen LogP contribution >= 0.6 is 0 Å². The number of rotatable bonds is 3. The van der Waals surface area contributed by atoms with E-state index in [-0.39, 0.29) is 12.6 Å². The summed E-state index contributed by atoms with van der Waals surface area (Å²) in [6, 6.07) is 3.72. The summed E-state index contributed by atoms with van der Waals surface area (Å²) >= 11 is 0. The zero-order valence-corrected chi connectivity index (χ0v) is 8.79. The Kier molecular flexibility index (Phi) is 2.49. The number of nitrogens with one attached hydrogen (secondary N) is 1. The molecule has 4 nitrogen and oxygen atoms in total. The van der Waals surface area contributed by atoms with Gasteiger partial charge in [0.2, 0.25) is 6.79 Å². The van der Waals surface area contributed by atoms with Crippen LogP contribution in [0.5, 0.6) is 11.5 Å². The van der Waals surface area contributed by atoms with Crippen LogP contribution in [0.25, 0.3) is 0 Å². The zero-order valence-electron chi connectivity index (χ0n) is 8.79. The number of hydrogen-bond acceptors (Lipinski definition) is 4. The van der Waals surface area contributed by atoms with Gasteiger partial charge in [0.25, 0.3) is 0 Å². The molecular weight excluding hydrogens is 194 g/mol. The van der Waals surface area contributed by atoms with Crippen LogP contribution in [0.1, 0.15) is 12.5 Å². The smallest absolute Gasteiger partial charge is 0.231 e. The first-order chi connectivity index (χ1) is 7.22. The third-order valence-electron chi connectivity index (χ3n) is 2.31. The molecule has 1 aliphatic rings. The van der Waals surface area contributed by atoms with Gasteiger partial charge < -0.3 is 14.8 Å². The lowest BCUT2D eigenvalue weighted by Gasteiger charge is -2.10. The standard InChI is InChI=1S/C11H13NO3/c1-7(13)5-8-3-4-9-11(10(8)12-2)15-6-14-9/h3-4,12H,5-6H2,1-2H3. The third-order valence-corrected chi connectivity index (χ3v) is 2.31. The highest BCUT2D eigenvalue weighted by Crippen LogP contribution is 2.41. The van der Waals surface area contributed by atoms with Gasteiger partial charge in [-0.2, -0.15) is 0 Å². The maximum atomic E-state index is 11.1. The molecule has 1 heterocycles. The third kappa shape index (κ3) is 1.75. The van der Waals surface area contributed by atoms with Crippen LogP contribution in [0.2, 0.25) is 0 Å². The summed E-state index contributed by atoms with van der Waals surface area (Å²) < 4.78 is 10.6. The maximum Gasteiger partial charge on any atom is 0.231 e. The minimum Gasteiger partial charge on any atom is -0.454 e. The molecule has 80 valence electrons. The molecule has 0 bridgehead atoms. The summed E-state index contributed by atoms with van der Waals surface area (Å²) in [6.07, 6.45) is 0.410. The largest absolute Gasteiger partial charge is 0.454 e. The molecule has 0 saturated heterocycles. The maximum absolute atomic E-state index is 11.1. The molecule has 0 radical (unpaired) electrons. The Bertz CT molecular complexity index is 401. The van der Waals surface area contributed by atoms with Crippen LogP contribution in [-0.4, -0.2) is 19.6 Å². The van der Waals surface area contributed by atoms with Crippen LogP contribution in [0, 0.1) is 0 Å². The highest BCUT2D eigenvalue weighted by molar-refractivity contribution is 5.82. The number of fused-ring (bicyclic) bond motifs is 1. The minimum absolute atomic E-state index is 0.130. The lowest BCUT2D eigenvalue weighted by atomic mass is 10.1. The van der Waals surface area contributed by atoms with Crippen LogP contribution < -0.4 is 14.8 Å². The lowest BCUT2D eigenvalue weighted by Crippen LogP contribution is -2.02. The van der Waals surface area contributed by atoms with E-state index in [0.29, 0.717) is 12.2 Å². The van der Waals surface area contributed by atoms with Crippen molar-refractivity contribution in [3.05, 3.63) is 17.7 Å². The monoisotopic (exact) mass is 207 g/mol. The van der Waals surface area contributed by atoms with Crippen LogP contribution in [0.4, 0.5) is 5.69 Å². The number of ether oxygens (including phenoxy) is 2. The van der Waals surface area contributed by atoms with Gasteiger partial charge in [0.1, 0.15) is 5.78 Å². The lowest BCUT2D eigenvalue weighted by molar-refractivity contribution is -0.116. The molecule has 1 aromatic carbocycles. The van der Waals surface area contributed by atoms with E-state index in [1.807, 2.05) is 12.1 Å². The van der Waals surface area contributed by atoms with Gasteiger partial charge in [-0.3, -0.25) is 4.79 Å². The van der Waals surface area contributed by atoms with Gasteiger partial charge >= 0.3 is 0 Å². The second-order valence-electron chi connectivity index (χ2n) is 3.46. The van der Waals surface area contributed by atoms with E-state index in [4.69, 9.17) is 9.47 Å². The van der Waals surface area contributed by atoms with Crippen molar-refractivity contribution in [1.29, 1.82) is 0 Å². The van der Waals surface area contributed by atoms with Crippen molar-refractivity contribution in [3.63, 3.8) is 0 Å². The van der Waals surface area contributed by atoms with E-state index in [0.717, 1.165) is 17.0 Å². The summed E-state index contributed by atoms with van der Waals surface area (Å²) in [5.74, 6) is 1.56. The number of benzene rings is 1. The van der Waals surface area contributed by atoms with Crippen molar-refractivity contribution >= 4 is 11.5 Å². The first kappa shape index (κ1) is 9.83. The van der Waals surface area contributed by atoms with Gasteiger partial charge in [-0.1, -0.05) is 6.07 Å². The number of Topliss-reactive ketones (excluding diaryl/α,β-unsaturated/α-hetero) is 1. The Labute approximate surface area is 88.2 Å². The first-order valence-corrected chi connectivity index (χ1v) is 4.81. The normalized spacial score (nSPS) is 12.7. The topological polar surface area (TPSA) is 47.6 Å². The van der Waals surface area contributed by atoms with Gasteiger partial charge in [-0.15, -0.1) is 0 Å². The molecule has 0 saturated carbocycles. The summed E-state index contributed by atoms with van der Waals surface area (Å²) in [7, 11) is 1.81. The second kappa shape index (κ2) is 3.81. The SMILES string of the molecule is CNc1c(CC(C)=O)ccc2c1OCO2. The summed E-state index contributed by atoms with van der Waals surface area (Å²) in [4.78, 5) is 11.1. The zero-order chi connectivity index (χ0) is 10.8. The molecule has 0 fully saturated rings. The Balaban J connectivity index is 2.43. The van der Waals surface area contributed by atoms with E-state index in [1.54, 1.807) is 14.0 Å². The van der Waals surface area contributed by atoms with Gasteiger partial charge in [0, 0.05) is 13.5 Å². The van der Waals surface area contributed by atoms with E-state index < -0.39 is 0 Å². The summed E-state index contributed by atoms with van der Waals surface area (Å²) in [6.45, 7) is 1.82. The van der Waals surface area contributed by atoms with Crippen molar-refractivity contribution in [3.8, 4) is 11.5 Å². The molecule has 0 atom stereocenters. The molecular formula is C11H13NO3. The van der Waals surface area contributed by atoms with E-state index >= 15 is 0 Å². The molecule has 4 heteroatoms. The van der Waals surface area contributed by atoms with Crippen LogP contribution in [0.15, 0.2) is 12.1 Å². The Morgan fingerprint density at radius 3 is 2.93 bits per heavy atom. The number of carbonyl (C=O) groups excluding carboxylic acids is 1. The molecule has 2 rings (SSSR count). The van der Waals surface area contributed by atoms with Crippen molar-refractivity contribution in [2.45, 2.75) is 13.3 Å². The highest BCUT2D eigenvalue weighted by Gasteiger charge is 2.20. The molecule has 1 aliphatic heterocycles. The predicted octanol–water partition coefficient (Wildman–Crippen LogP) is 1.59. The van der Waals surface area contributed by atoms with Crippen molar-refractivity contribution in [1.82, 2.24) is 0 Å². The molecule has 0 aliphatic carbocycles. The number of carbonyl (C=O) groups is 1. The quantitative estimate of drug-likeness (QED) is 0.817. The predicted molar refractivity (Wildman–Crippen MR) is 56.5 cm³/mol. The molecule has 0 spiro atoms. The number of hydrogen-bond donors (Lipinski definition) is 1.